The third-order valence-electron chi connectivity index (χ3n) is 3.97. The highest BCUT2D eigenvalue weighted by Gasteiger charge is 2.25. The van der Waals surface area contributed by atoms with Crippen LogP contribution in [0.15, 0.2) is 67.3 Å². The van der Waals surface area contributed by atoms with Gasteiger partial charge >= 0.3 is 5.69 Å². The zero-order valence-electron chi connectivity index (χ0n) is 13.6. The summed E-state index contributed by atoms with van der Waals surface area (Å²) in [6.45, 7) is 0.419. The van der Waals surface area contributed by atoms with E-state index in [0.717, 1.165) is 16.6 Å². The fraction of sp³-hybridized carbons (Fsp3) is 0.0556. The van der Waals surface area contributed by atoms with Gasteiger partial charge in [0.1, 0.15) is 12.7 Å². The molecule has 0 spiro atoms. The van der Waals surface area contributed by atoms with E-state index in [2.05, 4.69) is 20.3 Å². The molecule has 0 aliphatic carbocycles. The molecule has 0 radical (unpaired) electrons. The number of hydrogen-bond donors (Lipinski definition) is 1. The molecule has 8 heteroatoms. The highest BCUT2D eigenvalue weighted by Crippen LogP contribution is 2.30. The SMILES string of the molecule is O=[N+]([O-])c1c(NCc2ccccc2)ncnc1-n1cnc2ccccc21. The fourth-order valence-corrected chi connectivity index (χ4v) is 2.75. The summed E-state index contributed by atoms with van der Waals surface area (Å²) in [6, 6.07) is 17.0. The number of anilines is 1. The Morgan fingerprint density at radius 1 is 1.00 bits per heavy atom. The number of fused-ring (bicyclic) bond motifs is 1. The Labute approximate surface area is 148 Å². The van der Waals surface area contributed by atoms with Crippen molar-refractivity contribution in [2.75, 3.05) is 5.32 Å². The minimum Gasteiger partial charge on any atom is -0.360 e. The normalized spacial score (nSPS) is 10.8. The summed E-state index contributed by atoms with van der Waals surface area (Å²) in [6.07, 6.45) is 2.84. The van der Waals surface area contributed by atoms with Gasteiger partial charge in [-0.25, -0.2) is 15.0 Å². The molecule has 2 aromatic carbocycles. The molecule has 0 atom stereocenters. The molecule has 26 heavy (non-hydrogen) atoms. The van der Waals surface area contributed by atoms with Crippen LogP contribution in [0.1, 0.15) is 5.56 Å². The maximum atomic E-state index is 11.7. The molecule has 0 aliphatic heterocycles. The number of nitrogens with zero attached hydrogens (tertiary/aromatic N) is 5. The average molecular weight is 346 g/mol. The zero-order valence-corrected chi connectivity index (χ0v) is 13.6. The van der Waals surface area contributed by atoms with E-state index < -0.39 is 4.92 Å². The van der Waals surface area contributed by atoms with Crippen LogP contribution in [0.5, 0.6) is 0 Å². The van der Waals surface area contributed by atoms with Crippen molar-refractivity contribution in [1.29, 1.82) is 0 Å². The van der Waals surface area contributed by atoms with Crippen molar-refractivity contribution in [1.82, 2.24) is 19.5 Å². The monoisotopic (exact) mass is 346 g/mol. The van der Waals surface area contributed by atoms with Crippen LogP contribution in [0.25, 0.3) is 16.9 Å². The van der Waals surface area contributed by atoms with Crippen molar-refractivity contribution >= 4 is 22.5 Å². The van der Waals surface area contributed by atoms with Gasteiger partial charge in [0.2, 0.25) is 11.6 Å². The first kappa shape index (κ1) is 15.7. The summed E-state index contributed by atoms with van der Waals surface area (Å²) >= 11 is 0. The molecule has 4 rings (SSSR count). The van der Waals surface area contributed by atoms with E-state index in [4.69, 9.17) is 0 Å². The first-order chi connectivity index (χ1) is 12.7. The van der Waals surface area contributed by atoms with Crippen molar-refractivity contribution in [3.05, 3.63) is 82.9 Å². The topological polar surface area (TPSA) is 98.8 Å². The standard InChI is InChI=1S/C18H14N6O2/c25-24(26)16-17(19-10-13-6-2-1-3-7-13)20-11-21-18(16)23-12-22-14-8-4-5-9-15(14)23/h1-9,11-12H,10H2,(H,19,20,21). The van der Waals surface area contributed by atoms with Crippen LogP contribution in [0.4, 0.5) is 11.5 Å². The van der Waals surface area contributed by atoms with Gasteiger partial charge in [0.05, 0.1) is 16.0 Å². The van der Waals surface area contributed by atoms with Gasteiger partial charge in [-0.05, 0) is 17.7 Å². The maximum Gasteiger partial charge on any atom is 0.354 e. The number of nitro groups is 1. The highest BCUT2D eigenvalue weighted by molar-refractivity contribution is 5.79. The summed E-state index contributed by atoms with van der Waals surface area (Å²) in [4.78, 5) is 23.7. The second-order valence-electron chi connectivity index (χ2n) is 5.59. The number of para-hydroxylation sites is 2. The number of rotatable bonds is 5. The molecule has 0 amide bonds. The smallest absolute Gasteiger partial charge is 0.354 e. The second kappa shape index (κ2) is 6.60. The molecule has 128 valence electrons. The summed E-state index contributed by atoms with van der Waals surface area (Å²) in [5, 5.41) is 14.8. The Kier molecular flexibility index (Phi) is 3.98. The van der Waals surface area contributed by atoms with Gasteiger partial charge in [0.25, 0.3) is 0 Å². The Bertz CT molecular complexity index is 1080. The van der Waals surface area contributed by atoms with E-state index in [1.54, 1.807) is 4.57 Å². The van der Waals surface area contributed by atoms with E-state index in [1.807, 2.05) is 54.6 Å². The molecule has 1 N–H and O–H groups in total. The van der Waals surface area contributed by atoms with Gasteiger partial charge in [-0.3, -0.25) is 14.7 Å². The first-order valence-corrected chi connectivity index (χ1v) is 7.93. The minimum absolute atomic E-state index is 0.168. The number of nitrogens with one attached hydrogen (secondary N) is 1. The van der Waals surface area contributed by atoms with Gasteiger partial charge in [-0.2, -0.15) is 0 Å². The lowest BCUT2D eigenvalue weighted by Gasteiger charge is -2.09. The molecular formula is C18H14N6O2. The van der Waals surface area contributed by atoms with Crippen molar-refractivity contribution in [2.45, 2.75) is 6.54 Å². The number of aromatic nitrogens is 4. The van der Waals surface area contributed by atoms with Gasteiger partial charge in [-0.15, -0.1) is 0 Å². The largest absolute Gasteiger partial charge is 0.360 e. The number of imidazole rings is 1. The van der Waals surface area contributed by atoms with Crippen molar-refractivity contribution in [3.63, 3.8) is 0 Å². The van der Waals surface area contributed by atoms with Crippen LogP contribution in [-0.2, 0) is 6.54 Å². The average Bonchev–Trinajstić information content (AvgIpc) is 3.10. The molecule has 4 aromatic rings. The Morgan fingerprint density at radius 2 is 1.77 bits per heavy atom. The Hall–Kier alpha value is -3.81. The fourth-order valence-electron chi connectivity index (χ4n) is 2.75. The summed E-state index contributed by atoms with van der Waals surface area (Å²) < 4.78 is 1.60. The van der Waals surface area contributed by atoms with Gasteiger partial charge in [0, 0.05) is 6.54 Å². The van der Waals surface area contributed by atoms with Crippen molar-refractivity contribution in [2.24, 2.45) is 0 Å². The van der Waals surface area contributed by atoms with Crippen LogP contribution in [0.2, 0.25) is 0 Å². The van der Waals surface area contributed by atoms with Crippen LogP contribution in [-0.4, -0.2) is 24.4 Å². The van der Waals surface area contributed by atoms with Crippen LogP contribution in [0.3, 0.4) is 0 Å². The number of benzene rings is 2. The zero-order chi connectivity index (χ0) is 17.9. The molecule has 0 fully saturated rings. The predicted molar refractivity (Wildman–Crippen MR) is 97.1 cm³/mol. The minimum atomic E-state index is -0.475. The third-order valence-corrected chi connectivity index (χ3v) is 3.97. The van der Waals surface area contributed by atoms with Crippen molar-refractivity contribution in [3.8, 4) is 5.82 Å². The molecule has 2 aromatic heterocycles. The molecule has 0 bridgehead atoms. The van der Waals surface area contributed by atoms with Crippen LogP contribution in [0, 0.1) is 10.1 Å². The lowest BCUT2D eigenvalue weighted by atomic mass is 10.2. The van der Waals surface area contributed by atoms with Crippen LogP contribution >= 0.6 is 0 Å². The van der Waals surface area contributed by atoms with Gasteiger partial charge in [-0.1, -0.05) is 42.5 Å². The second-order valence-corrected chi connectivity index (χ2v) is 5.59. The molecule has 0 saturated heterocycles. The lowest BCUT2D eigenvalue weighted by molar-refractivity contribution is -0.384. The predicted octanol–water partition coefficient (Wildman–Crippen LogP) is 3.34. The molecular weight excluding hydrogens is 332 g/mol. The maximum absolute atomic E-state index is 11.7. The lowest BCUT2D eigenvalue weighted by Crippen LogP contribution is -2.09. The van der Waals surface area contributed by atoms with E-state index in [9.17, 15) is 10.1 Å². The Morgan fingerprint density at radius 3 is 2.58 bits per heavy atom. The van der Waals surface area contributed by atoms with E-state index in [-0.39, 0.29) is 17.3 Å². The molecule has 0 unspecified atom stereocenters. The number of hydrogen-bond acceptors (Lipinski definition) is 6. The van der Waals surface area contributed by atoms with E-state index in [0.29, 0.717) is 6.54 Å². The van der Waals surface area contributed by atoms with Crippen LogP contribution < -0.4 is 5.32 Å². The quantitative estimate of drug-likeness (QED) is 0.439. The van der Waals surface area contributed by atoms with Crippen molar-refractivity contribution < 1.29 is 4.92 Å². The first-order valence-electron chi connectivity index (χ1n) is 7.93. The molecule has 8 nitrogen and oxygen atoms in total. The molecule has 2 heterocycles. The van der Waals surface area contributed by atoms with E-state index >= 15 is 0 Å². The Balaban J connectivity index is 1.77. The van der Waals surface area contributed by atoms with Gasteiger partial charge in [0.15, 0.2) is 0 Å². The highest BCUT2D eigenvalue weighted by atomic mass is 16.6. The molecule has 0 aliphatic rings. The molecule has 0 saturated carbocycles. The summed E-state index contributed by atoms with van der Waals surface area (Å²) in [5.74, 6) is 0.343. The third kappa shape index (κ3) is 2.84. The summed E-state index contributed by atoms with van der Waals surface area (Å²) in [5.41, 5.74) is 2.28. The summed E-state index contributed by atoms with van der Waals surface area (Å²) in [7, 11) is 0. The van der Waals surface area contributed by atoms with E-state index in [1.165, 1.54) is 12.7 Å². The van der Waals surface area contributed by atoms with Gasteiger partial charge < -0.3 is 5.32 Å².